The van der Waals surface area contributed by atoms with Gasteiger partial charge in [0.05, 0.1) is 16.3 Å². The number of nitrogens with zero attached hydrogens (tertiary/aromatic N) is 2. The van der Waals surface area contributed by atoms with Crippen molar-refractivity contribution in [1.82, 2.24) is 14.9 Å². The lowest BCUT2D eigenvalue weighted by molar-refractivity contribution is -0.118. The minimum Gasteiger partial charge on any atom is -0.358 e. The molecular formula is C12H17N3O2S2. The van der Waals surface area contributed by atoms with Crippen molar-refractivity contribution in [3.8, 4) is 0 Å². The van der Waals surface area contributed by atoms with Gasteiger partial charge in [-0.1, -0.05) is 18.7 Å². The van der Waals surface area contributed by atoms with Gasteiger partial charge in [-0.2, -0.15) is 0 Å². The summed E-state index contributed by atoms with van der Waals surface area (Å²) in [5.41, 5.74) is 0.910. The summed E-state index contributed by atoms with van der Waals surface area (Å²) in [5.74, 6) is 0.217. The van der Waals surface area contributed by atoms with Crippen LogP contribution in [0.2, 0.25) is 0 Å². The Morgan fingerprint density at radius 1 is 1.63 bits per heavy atom. The smallest absolute Gasteiger partial charge is 0.268 e. The standard InChI is InChI=1S/C12H17N3O2S2/c1-4-15-11(17)10-8(5-7(2)19-10)14-12(15)18-6-9(16)13-3/h7H,4-6H2,1-3H3,(H,13,16). The van der Waals surface area contributed by atoms with E-state index >= 15 is 0 Å². The molecule has 1 aliphatic rings. The van der Waals surface area contributed by atoms with E-state index in [1.807, 2.05) is 6.92 Å². The maximum Gasteiger partial charge on any atom is 0.268 e. The molecule has 0 aromatic carbocycles. The molecule has 0 saturated carbocycles. The second-order valence-electron chi connectivity index (χ2n) is 4.31. The highest BCUT2D eigenvalue weighted by molar-refractivity contribution is 8.00. The van der Waals surface area contributed by atoms with E-state index in [1.54, 1.807) is 23.4 Å². The third kappa shape index (κ3) is 2.97. The topological polar surface area (TPSA) is 64.0 Å². The van der Waals surface area contributed by atoms with Crippen molar-refractivity contribution < 1.29 is 4.79 Å². The molecular weight excluding hydrogens is 282 g/mol. The van der Waals surface area contributed by atoms with E-state index in [9.17, 15) is 9.59 Å². The summed E-state index contributed by atoms with van der Waals surface area (Å²) in [6.07, 6.45) is 0.827. The van der Waals surface area contributed by atoms with Gasteiger partial charge >= 0.3 is 0 Å². The number of carbonyl (C=O) groups is 1. The van der Waals surface area contributed by atoms with Crippen molar-refractivity contribution in [3.05, 3.63) is 16.0 Å². The van der Waals surface area contributed by atoms with Crippen molar-refractivity contribution in [2.45, 2.75) is 42.1 Å². The zero-order valence-electron chi connectivity index (χ0n) is 11.2. The van der Waals surface area contributed by atoms with Gasteiger partial charge in [0.1, 0.15) is 0 Å². The summed E-state index contributed by atoms with van der Waals surface area (Å²) in [7, 11) is 1.60. The van der Waals surface area contributed by atoms with Crippen molar-refractivity contribution in [1.29, 1.82) is 0 Å². The third-order valence-electron chi connectivity index (χ3n) is 2.89. The van der Waals surface area contributed by atoms with Gasteiger partial charge in [0.25, 0.3) is 5.56 Å². The third-order valence-corrected chi connectivity index (χ3v) is 5.08. The molecule has 2 heterocycles. The van der Waals surface area contributed by atoms with E-state index in [-0.39, 0.29) is 17.2 Å². The fourth-order valence-corrected chi connectivity index (χ4v) is 3.99. The Morgan fingerprint density at radius 2 is 2.37 bits per heavy atom. The average Bonchev–Trinajstić information content (AvgIpc) is 2.77. The quantitative estimate of drug-likeness (QED) is 0.667. The molecule has 0 bridgehead atoms. The Bertz CT molecular complexity index is 557. The van der Waals surface area contributed by atoms with Gasteiger partial charge in [-0.3, -0.25) is 14.2 Å². The van der Waals surface area contributed by atoms with Crippen LogP contribution in [0.4, 0.5) is 0 Å². The summed E-state index contributed by atoms with van der Waals surface area (Å²) < 4.78 is 1.65. The van der Waals surface area contributed by atoms with Crippen molar-refractivity contribution in [2.75, 3.05) is 12.8 Å². The number of aromatic nitrogens is 2. The number of nitrogens with one attached hydrogen (secondary N) is 1. The molecule has 2 rings (SSSR count). The number of amides is 1. The first-order valence-corrected chi connectivity index (χ1v) is 8.07. The average molecular weight is 299 g/mol. The van der Waals surface area contributed by atoms with Crippen LogP contribution in [-0.2, 0) is 17.8 Å². The molecule has 1 N–H and O–H groups in total. The summed E-state index contributed by atoms with van der Waals surface area (Å²) in [6.45, 7) is 4.59. The second-order valence-corrected chi connectivity index (χ2v) is 6.71. The molecule has 1 unspecified atom stereocenters. The lowest BCUT2D eigenvalue weighted by atomic mass is 10.2. The first-order valence-electron chi connectivity index (χ1n) is 6.20. The molecule has 0 radical (unpaired) electrons. The number of carbonyl (C=O) groups excluding carboxylic acids is 1. The normalized spacial score (nSPS) is 17.3. The summed E-state index contributed by atoms with van der Waals surface area (Å²) >= 11 is 2.92. The highest BCUT2D eigenvalue weighted by atomic mass is 32.2. The van der Waals surface area contributed by atoms with Crippen LogP contribution in [0.1, 0.15) is 19.5 Å². The van der Waals surface area contributed by atoms with E-state index in [1.165, 1.54) is 11.8 Å². The van der Waals surface area contributed by atoms with E-state index in [2.05, 4.69) is 17.2 Å². The van der Waals surface area contributed by atoms with E-state index in [0.717, 1.165) is 17.0 Å². The molecule has 0 saturated heterocycles. The largest absolute Gasteiger partial charge is 0.358 e. The van der Waals surface area contributed by atoms with Gasteiger partial charge in [-0.25, -0.2) is 4.98 Å². The van der Waals surface area contributed by atoms with Crippen LogP contribution in [-0.4, -0.2) is 33.5 Å². The molecule has 7 heteroatoms. The van der Waals surface area contributed by atoms with Crippen LogP contribution in [0, 0.1) is 0 Å². The van der Waals surface area contributed by atoms with Gasteiger partial charge < -0.3 is 5.32 Å². The van der Waals surface area contributed by atoms with Crippen molar-refractivity contribution >= 4 is 29.4 Å². The Balaban J connectivity index is 2.34. The maximum atomic E-state index is 12.4. The monoisotopic (exact) mass is 299 g/mol. The molecule has 0 fully saturated rings. The summed E-state index contributed by atoms with van der Waals surface area (Å²) in [6, 6.07) is 0. The van der Waals surface area contributed by atoms with Gasteiger partial charge in [-0.05, 0) is 6.92 Å². The maximum absolute atomic E-state index is 12.4. The van der Waals surface area contributed by atoms with Gasteiger partial charge in [0, 0.05) is 25.3 Å². The predicted molar refractivity (Wildman–Crippen MR) is 78.0 cm³/mol. The number of rotatable bonds is 4. The lowest BCUT2D eigenvalue weighted by Gasteiger charge is -2.11. The van der Waals surface area contributed by atoms with Crippen LogP contribution in [0.3, 0.4) is 0 Å². The Morgan fingerprint density at radius 3 is 3.00 bits per heavy atom. The number of hydrogen-bond acceptors (Lipinski definition) is 5. The molecule has 1 atom stereocenters. The lowest BCUT2D eigenvalue weighted by Crippen LogP contribution is -2.26. The highest BCUT2D eigenvalue weighted by Gasteiger charge is 2.25. The van der Waals surface area contributed by atoms with E-state index in [4.69, 9.17) is 0 Å². The molecule has 1 aliphatic heterocycles. The highest BCUT2D eigenvalue weighted by Crippen LogP contribution is 2.34. The van der Waals surface area contributed by atoms with Crippen LogP contribution >= 0.6 is 23.5 Å². The van der Waals surface area contributed by atoms with E-state index < -0.39 is 0 Å². The molecule has 5 nitrogen and oxygen atoms in total. The summed E-state index contributed by atoms with van der Waals surface area (Å²) in [5, 5.41) is 3.61. The molecule has 1 aromatic rings. The molecule has 0 aliphatic carbocycles. The number of thioether (sulfide) groups is 2. The first kappa shape index (κ1) is 14.5. The second kappa shape index (κ2) is 6.00. The zero-order chi connectivity index (χ0) is 14.0. The van der Waals surface area contributed by atoms with Gasteiger partial charge in [-0.15, -0.1) is 11.8 Å². The zero-order valence-corrected chi connectivity index (χ0v) is 12.9. The summed E-state index contributed by atoms with van der Waals surface area (Å²) in [4.78, 5) is 29.0. The molecule has 0 spiro atoms. The van der Waals surface area contributed by atoms with E-state index in [0.29, 0.717) is 17.0 Å². The minimum absolute atomic E-state index is 0.0289. The molecule has 104 valence electrons. The van der Waals surface area contributed by atoms with Gasteiger partial charge in [0.15, 0.2) is 5.16 Å². The SMILES string of the molecule is CCn1c(SCC(=O)NC)nc2c(c1=O)SC(C)C2. The fourth-order valence-electron chi connectivity index (χ4n) is 1.92. The van der Waals surface area contributed by atoms with Crippen LogP contribution in [0.15, 0.2) is 14.8 Å². The van der Waals surface area contributed by atoms with Crippen LogP contribution < -0.4 is 10.9 Å². The van der Waals surface area contributed by atoms with Gasteiger partial charge in [0.2, 0.25) is 5.91 Å². The minimum atomic E-state index is -0.0647. The Hall–Kier alpha value is -0.950. The number of hydrogen-bond donors (Lipinski definition) is 1. The molecule has 1 amide bonds. The number of fused-ring (bicyclic) bond motifs is 1. The molecule has 1 aromatic heterocycles. The van der Waals surface area contributed by atoms with Crippen LogP contribution in [0.25, 0.3) is 0 Å². The Kier molecular flexibility index (Phi) is 4.57. The predicted octanol–water partition coefficient (Wildman–Crippen LogP) is 1.14. The van der Waals surface area contributed by atoms with Crippen LogP contribution in [0.5, 0.6) is 0 Å². The Labute approximate surface area is 120 Å². The molecule has 19 heavy (non-hydrogen) atoms. The van der Waals surface area contributed by atoms with Crippen molar-refractivity contribution in [3.63, 3.8) is 0 Å². The fraction of sp³-hybridized carbons (Fsp3) is 0.583. The van der Waals surface area contributed by atoms with Crippen molar-refractivity contribution in [2.24, 2.45) is 0 Å². The first-order chi connectivity index (χ1) is 9.06.